The minimum atomic E-state index is -0.237. The van der Waals surface area contributed by atoms with Gasteiger partial charge in [0.25, 0.3) is 0 Å². The average Bonchev–Trinajstić information content (AvgIpc) is 2.99. The van der Waals surface area contributed by atoms with Crippen LogP contribution in [-0.2, 0) is 11.3 Å². The van der Waals surface area contributed by atoms with Gasteiger partial charge in [-0.25, -0.2) is 4.39 Å². The van der Waals surface area contributed by atoms with Gasteiger partial charge in [-0.2, -0.15) is 0 Å². The summed E-state index contributed by atoms with van der Waals surface area (Å²) in [6, 6.07) is 20.7. The van der Waals surface area contributed by atoms with E-state index in [1.54, 1.807) is 12.1 Å². The van der Waals surface area contributed by atoms with Gasteiger partial charge in [0, 0.05) is 34.9 Å². The highest BCUT2D eigenvalue weighted by molar-refractivity contribution is 9.10. The summed E-state index contributed by atoms with van der Waals surface area (Å²) in [5.41, 5.74) is 4.95. The average molecular weight is 449 g/mol. The van der Waals surface area contributed by atoms with Gasteiger partial charge in [-0.3, -0.25) is 4.79 Å². The van der Waals surface area contributed by atoms with Gasteiger partial charge >= 0.3 is 0 Å². The van der Waals surface area contributed by atoms with E-state index in [2.05, 4.69) is 44.1 Å². The highest BCUT2D eigenvalue weighted by Crippen LogP contribution is 2.42. The first-order valence-corrected chi connectivity index (χ1v) is 10.3. The number of hydrogen-bond donors (Lipinski definition) is 1. The minimum Gasteiger partial charge on any atom is -0.343 e. The third-order valence-corrected chi connectivity index (χ3v) is 6.22. The quantitative estimate of drug-likeness (QED) is 0.405. The van der Waals surface area contributed by atoms with Crippen LogP contribution in [0.25, 0.3) is 10.9 Å². The second-order valence-corrected chi connectivity index (χ2v) is 8.22. The van der Waals surface area contributed by atoms with Crippen LogP contribution in [0.2, 0.25) is 0 Å². The van der Waals surface area contributed by atoms with Crippen LogP contribution in [0.1, 0.15) is 29.0 Å². The van der Waals surface area contributed by atoms with Crippen molar-refractivity contribution in [3.05, 3.63) is 99.9 Å². The van der Waals surface area contributed by atoms with Gasteiger partial charge in [-0.05, 0) is 47.0 Å². The fourth-order valence-corrected chi connectivity index (χ4v) is 4.81. The Kier molecular flexibility index (Phi) is 4.47. The van der Waals surface area contributed by atoms with E-state index >= 15 is 0 Å². The van der Waals surface area contributed by atoms with E-state index in [9.17, 15) is 9.18 Å². The van der Waals surface area contributed by atoms with E-state index < -0.39 is 0 Å². The lowest BCUT2D eigenvalue weighted by molar-refractivity contribution is -0.116. The third-order valence-electron chi connectivity index (χ3n) is 5.50. The second kappa shape index (κ2) is 7.16. The smallest absolute Gasteiger partial charge is 0.225 e. The number of carbonyl (C=O) groups excluding carboxylic acids is 1. The number of rotatable bonds is 3. The first-order chi connectivity index (χ1) is 14.1. The summed E-state index contributed by atoms with van der Waals surface area (Å²) in [5, 5.41) is 4.12. The van der Waals surface area contributed by atoms with Crippen molar-refractivity contribution < 1.29 is 9.18 Å². The molecule has 0 aliphatic carbocycles. The molecule has 5 heteroatoms. The second-order valence-electron chi connectivity index (χ2n) is 7.37. The summed E-state index contributed by atoms with van der Waals surface area (Å²) in [4.78, 5) is 12.6. The van der Waals surface area contributed by atoms with E-state index in [0.29, 0.717) is 13.0 Å². The number of anilines is 1. The molecule has 0 saturated heterocycles. The number of aromatic nitrogens is 1. The maximum absolute atomic E-state index is 13.7. The number of hydrogen-bond acceptors (Lipinski definition) is 1. The van der Waals surface area contributed by atoms with Gasteiger partial charge in [0.15, 0.2) is 0 Å². The highest BCUT2D eigenvalue weighted by Gasteiger charge is 2.28. The number of benzene rings is 3. The van der Waals surface area contributed by atoms with Crippen molar-refractivity contribution in [3.63, 3.8) is 0 Å². The Morgan fingerprint density at radius 1 is 1.03 bits per heavy atom. The van der Waals surface area contributed by atoms with Crippen molar-refractivity contribution in [2.75, 3.05) is 5.32 Å². The molecule has 0 spiro atoms. The Morgan fingerprint density at radius 3 is 2.69 bits per heavy atom. The molecule has 5 rings (SSSR count). The number of nitrogens with zero attached hydrogens (tertiary/aromatic N) is 1. The van der Waals surface area contributed by atoms with Crippen LogP contribution in [0.15, 0.2) is 77.4 Å². The van der Waals surface area contributed by atoms with Gasteiger partial charge in [0.1, 0.15) is 5.82 Å². The molecule has 1 N–H and O–H groups in total. The van der Waals surface area contributed by atoms with Crippen LogP contribution >= 0.6 is 15.9 Å². The van der Waals surface area contributed by atoms with Gasteiger partial charge in [-0.15, -0.1) is 0 Å². The molecule has 144 valence electrons. The molecule has 0 saturated carbocycles. The van der Waals surface area contributed by atoms with Crippen LogP contribution in [0.5, 0.6) is 0 Å². The Bertz CT molecular complexity index is 1250. The summed E-state index contributed by atoms with van der Waals surface area (Å²) < 4.78 is 16.8. The van der Waals surface area contributed by atoms with E-state index in [1.165, 1.54) is 6.07 Å². The van der Waals surface area contributed by atoms with Crippen molar-refractivity contribution in [2.24, 2.45) is 0 Å². The van der Waals surface area contributed by atoms with E-state index in [1.807, 2.05) is 36.4 Å². The fraction of sp³-hybridized carbons (Fsp3) is 0.125. The van der Waals surface area contributed by atoms with Crippen molar-refractivity contribution in [1.82, 2.24) is 4.57 Å². The summed E-state index contributed by atoms with van der Waals surface area (Å²) in [6.45, 7) is 0.564. The molecule has 0 bridgehead atoms. The molecular weight excluding hydrogens is 431 g/mol. The van der Waals surface area contributed by atoms with Crippen LogP contribution in [0, 0.1) is 5.82 Å². The molecule has 4 aromatic rings. The molecule has 1 unspecified atom stereocenters. The summed E-state index contributed by atoms with van der Waals surface area (Å²) in [7, 11) is 0. The van der Waals surface area contributed by atoms with E-state index in [4.69, 9.17) is 0 Å². The van der Waals surface area contributed by atoms with Crippen LogP contribution in [0.4, 0.5) is 10.1 Å². The highest BCUT2D eigenvalue weighted by atomic mass is 79.9. The summed E-state index contributed by atoms with van der Waals surface area (Å²) in [6.07, 6.45) is 2.49. The van der Waals surface area contributed by atoms with Crippen molar-refractivity contribution in [1.29, 1.82) is 0 Å². The first kappa shape index (κ1) is 18.1. The zero-order chi connectivity index (χ0) is 20.0. The predicted octanol–water partition coefficient (Wildman–Crippen LogP) is 6.07. The number of carbonyl (C=O) groups is 1. The van der Waals surface area contributed by atoms with Gasteiger partial charge in [0.2, 0.25) is 5.91 Å². The largest absolute Gasteiger partial charge is 0.343 e. The number of amides is 1. The standard InChI is InChI=1S/C24H18BrFN2O/c25-20-8-2-1-7-17(20)18-12-23(29)27-21-9-4-10-22-24(21)19(18)14-28(22)13-15-5-3-6-16(26)11-15/h1-11,14,18H,12-13H2,(H,27,29). The molecular formula is C24H18BrFN2O. The lowest BCUT2D eigenvalue weighted by Crippen LogP contribution is -2.14. The van der Waals surface area contributed by atoms with Crippen LogP contribution < -0.4 is 5.32 Å². The normalized spacial score (nSPS) is 15.9. The fourth-order valence-electron chi connectivity index (χ4n) is 4.25. The zero-order valence-electron chi connectivity index (χ0n) is 15.5. The monoisotopic (exact) mass is 448 g/mol. The predicted molar refractivity (Wildman–Crippen MR) is 117 cm³/mol. The Hall–Kier alpha value is -2.92. The third kappa shape index (κ3) is 3.25. The zero-order valence-corrected chi connectivity index (χ0v) is 17.1. The summed E-state index contributed by atoms with van der Waals surface area (Å²) >= 11 is 3.65. The van der Waals surface area contributed by atoms with Gasteiger partial charge < -0.3 is 9.88 Å². The molecule has 29 heavy (non-hydrogen) atoms. The van der Waals surface area contributed by atoms with Crippen molar-refractivity contribution in [3.8, 4) is 0 Å². The molecule has 1 aliphatic heterocycles. The maximum atomic E-state index is 13.7. The van der Waals surface area contributed by atoms with E-state index in [-0.39, 0.29) is 17.6 Å². The minimum absolute atomic E-state index is 0.00568. The lowest BCUT2D eigenvalue weighted by atomic mass is 9.89. The van der Waals surface area contributed by atoms with E-state index in [0.717, 1.165) is 37.8 Å². The molecule has 1 amide bonds. The summed E-state index contributed by atoms with van der Waals surface area (Å²) in [5.74, 6) is -0.295. The topological polar surface area (TPSA) is 34.0 Å². The van der Waals surface area contributed by atoms with Gasteiger partial charge in [0.05, 0.1) is 11.2 Å². The molecule has 1 aromatic heterocycles. The number of nitrogens with one attached hydrogen (secondary N) is 1. The molecule has 3 nitrogen and oxygen atoms in total. The Morgan fingerprint density at radius 2 is 1.86 bits per heavy atom. The maximum Gasteiger partial charge on any atom is 0.225 e. The Labute approximate surface area is 176 Å². The van der Waals surface area contributed by atoms with Crippen LogP contribution in [0.3, 0.4) is 0 Å². The Balaban J connectivity index is 1.71. The molecule has 0 fully saturated rings. The molecule has 1 aliphatic rings. The molecule has 3 aromatic carbocycles. The lowest BCUT2D eigenvalue weighted by Gasteiger charge is -2.16. The molecule has 1 atom stereocenters. The first-order valence-electron chi connectivity index (χ1n) is 9.50. The van der Waals surface area contributed by atoms with Crippen molar-refractivity contribution in [2.45, 2.75) is 18.9 Å². The van der Waals surface area contributed by atoms with Crippen LogP contribution in [-0.4, -0.2) is 10.5 Å². The molecule has 0 radical (unpaired) electrons. The van der Waals surface area contributed by atoms with Gasteiger partial charge in [-0.1, -0.05) is 52.3 Å². The van der Waals surface area contributed by atoms with Crippen molar-refractivity contribution >= 4 is 38.4 Å². The molecule has 2 heterocycles. The number of halogens is 2. The SMILES string of the molecule is O=C1CC(c2ccccc2Br)c2cn(Cc3cccc(F)c3)c3cccc(c23)N1.